The van der Waals surface area contributed by atoms with Crippen molar-refractivity contribution in [2.45, 2.75) is 313 Å². The molecule has 0 aromatic heterocycles. The Morgan fingerprint density at radius 3 is 0.902 bits per heavy atom. The van der Waals surface area contributed by atoms with Crippen LogP contribution in [0.25, 0.3) is 5.57 Å². The molecule has 0 saturated heterocycles. The van der Waals surface area contributed by atoms with Crippen LogP contribution < -0.4 is 0 Å². The van der Waals surface area contributed by atoms with Crippen molar-refractivity contribution >= 4 is 11.8 Å². The predicted molar refractivity (Wildman–Crippen MR) is 389 cm³/mol. The molecule has 3 aromatic rings. The van der Waals surface area contributed by atoms with Crippen molar-refractivity contribution in [3.63, 3.8) is 0 Å². The number of aliphatic imine (C=N–C) groups is 1. The third-order valence-electron chi connectivity index (χ3n) is 11.1. The molecule has 0 saturated carbocycles. The molecule has 0 spiro atoms. The first-order valence-electron chi connectivity index (χ1n) is 32.6. The second-order valence-electron chi connectivity index (χ2n) is 31.1. The van der Waals surface area contributed by atoms with Crippen molar-refractivity contribution in [1.82, 2.24) is 0 Å². The molecule has 0 unspecified atom stereocenters. The topological polar surface area (TPSA) is 12.4 Å². The fraction of sp³-hybridized carbons (Fsp3) is 0.667. The lowest BCUT2D eigenvalue weighted by Gasteiger charge is -2.19. The van der Waals surface area contributed by atoms with Gasteiger partial charge in [-0.2, -0.15) is 0 Å². The minimum atomic E-state index is 0.392. The first-order chi connectivity index (χ1) is 37.3. The molecule has 1 aliphatic carbocycles. The van der Waals surface area contributed by atoms with Gasteiger partial charge in [-0.25, -0.2) is 0 Å². The number of allylic oxidation sites excluding steroid dienone is 5. The van der Waals surface area contributed by atoms with Gasteiger partial charge >= 0.3 is 0 Å². The molecule has 1 heteroatoms. The van der Waals surface area contributed by atoms with Gasteiger partial charge in [0.2, 0.25) is 0 Å². The SMILES string of the molecule is C=C(C)CC(C)(C)C.C=C(C)CC(C)(C)C.CC.CC.CC.CC.CC(C)(C)CC1=CCc2ccccc21.CC(C)(C)CC1=CN=CC1.CC(C)(C)Cc1ccccc1.CC(C)(C)Cc1ccccc1.CCC(C)(C)C.CCC(C)(C)C. The maximum absolute atomic E-state index is 4.06. The van der Waals surface area contributed by atoms with E-state index in [0.717, 1.165) is 38.5 Å². The van der Waals surface area contributed by atoms with E-state index in [1.54, 1.807) is 0 Å². The van der Waals surface area contributed by atoms with Gasteiger partial charge < -0.3 is 0 Å². The van der Waals surface area contributed by atoms with Crippen molar-refractivity contribution in [2.75, 3.05) is 0 Å². The van der Waals surface area contributed by atoms with E-state index in [4.69, 9.17) is 0 Å². The zero-order valence-electron chi connectivity index (χ0n) is 62.7. The van der Waals surface area contributed by atoms with E-state index in [-0.39, 0.29) is 0 Å². The molecule has 1 nitrogen and oxygen atoms in total. The van der Waals surface area contributed by atoms with Crippen LogP contribution in [-0.4, -0.2) is 6.21 Å². The van der Waals surface area contributed by atoms with Gasteiger partial charge in [-0.15, -0.1) is 13.2 Å². The quantitative estimate of drug-likeness (QED) is 0.218. The van der Waals surface area contributed by atoms with Crippen molar-refractivity contribution in [3.05, 3.63) is 149 Å². The summed E-state index contributed by atoms with van der Waals surface area (Å²) in [6.45, 7) is 86.3. The van der Waals surface area contributed by atoms with Crippen molar-refractivity contribution in [1.29, 1.82) is 0 Å². The van der Waals surface area contributed by atoms with Crippen LogP contribution in [0.1, 0.15) is 316 Å². The fourth-order valence-electron chi connectivity index (χ4n) is 7.50. The maximum Gasteiger partial charge on any atom is 0.0259 e. The Bertz CT molecular complexity index is 1920. The maximum atomic E-state index is 4.06. The highest BCUT2D eigenvalue weighted by molar-refractivity contribution is 5.73. The van der Waals surface area contributed by atoms with E-state index in [9.17, 15) is 0 Å². The normalized spacial score (nSPS) is 12.1. The molecule has 0 amide bonds. The van der Waals surface area contributed by atoms with Crippen LogP contribution in [0.4, 0.5) is 0 Å². The Morgan fingerprint density at radius 1 is 0.378 bits per heavy atom. The van der Waals surface area contributed by atoms with Crippen LogP contribution in [0.2, 0.25) is 0 Å². The molecule has 0 atom stereocenters. The van der Waals surface area contributed by atoms with Gasteiger partial charge in [0.05, 0.1) is 0 Å². The Hall–Kier alpha value is -3.71. The first-order valence-corrected chi connectivity index (χ1v) is 32.6. The lowest BCUT2D eigenvalue weighted by molar-refractivity contribution is 0.397. The molecule has 2 aliphatic rings. The van der Waals surface area contributed by atoms with Crippen LogP contribution in [-0.2, 0) is 19.3 Å². The summed E-state index contributed by atoms with van der Waals surface area (Å²) in [5.74, 6) is 0. The van der Waals surface area contributed by atoms with Gasteiger partial charge in [0.1, 0.15) is 0 Å². The lowest BCUT2D eigenvalue weighted by atomic mass is 9.86. The molecule has 0 radical (unpaired) electrons. The van der Waals surface area contributed by atoms with Crippen LogP contribution in [0.3, 0.4) is 0 Å². The Morgan fingerprint density at radius 2 is 0.671 bits per heavy atom. The lowest BCUT2D eigenvalue weighted by Crippen LogP contribution is -2.08. The average Bonchev–Trinajstić information content (AvgIpc) is 3.99. The molecule has 82 heavy (non-hydrogen) atoms. The van der Waals surface area contributed by atoms with Crippen molar-refractivity contribution in [2.24, 2.45) is 48.3 Å². The highest BCUT2D eigenvalue weighted by Crippen LogP contribution is 2.36. The Balaban J connectivity index is -0.000000156. The van der Waals surface area contributed by atoms with Gasteiger partial charge in [0, 0.05) is 18.8 Å². The molecular weight excluding hydrogens is 987 g/mol. The summed E-state index contributed by atoms with van der Waals surface area (Å²) < 4.78 is 0. The number of fused-ring (bicyclic) bond motifs is 1. The van der Waals surface area contributed by atoms with Gasteiger partial charge in [-0.3, -0.25) is 4.99 Å². The van der Waals surface area contributed by atoms with Gasteiger partial charge in [-0.05, 0) is 136 Å². The third kappa shape index (κ3) is 76.3. The zero-order valence-corrected chi connectivity index (χ0v) is 62.7. The Kier molecular flexibility index (Phi) is 54.4. The van der Waals surface area contributed by atoms with Gasteiger partial charge in [0.25, 0.3) is 0 Å². The molecule has 3 aromatic carbocycles. The summed E-state index contributed by atoms with van der Waals surface area (Å²) in [4.78, 5) is 4.06. The van der Waals surface area contributed by atoms with E-state index in [2.05, 4.69) is 303 Å². The molecule has 478 valence electrons. The minimum absolute atomic E-state index is 0.392. The van der Waals surface area contributed by atoms with E-state index in [1.165, 1.54) is 70.2 Å². The fourth-order valence-corrected chi connectivity index (χ4v) is 7.50. The Labute approximate surface area is 520 Å². The number of hydrogen-bond acceptors (Lipinski definition) is 1. The number of nitrogens with zero attached hydrogens (tertiary/aromatic N) is 1. The second kappa shape index (κ2) is 48.5. The summed E-state index contributed by atoms with van der Waals surface area (Å²) >= 11 is 0. The smallest absolute Gasteiger partial charge is 0.0259 e. The number of benzene rings is 3. The monoisotopic (exact) mass is 1140 g/mol. The number of rotatable bonds is 6. The van der Waals surface area contributed by atoms with Gasteiger partial charge in [-0.1, -0.05) is 350 Å². The van der Waals surface area contributed by atoms with Crippen molar-refractivity contribution in [3.8, 4) is 0 Å². The molecule has 5 rings (SSSR count). The zero-order chi connectivity index (χ0) is 66.4. The summed E-state index contributed by atoms with van der Waals surface area (Å²) in [5, 5.41) is 0. The largest absolute Gasteiger partial charge is 0.269 e. The summed E-state index contributed by atoms with van der Waals surface area (Å²) in [7, 11) is 0. The molecular formula is C81H149N. The highest BCUT2D eigenvalue weighted by Gasteiger charge is 2.19. The average molecular weight is 1140 g/mol. The molecule has 0 N–H and O–H groups in total. The van der Waals surface area contributed by atoms with E-state index in [0.29, 0.717) is 43.3 Å². The molecule has 0 bridgehead atoms. The van der Waals surface area contributed by atoms with Crippen LogP contribution in [0.15, 0.2) is 132 Å². The first kappa shape index (κ1) is 92.0. The van der Waals surface area contributed by atoms with Crippen LogP contribution in [0.5, 0.6) is 0 Å². The van der Waals surface area contributed by atoms with E-state index < -0.39 is 0 Å². The molecule has 1 aliphatic heterocycles. The molecule has 0 fully saturated rings. The summed E-state index contributed by atoms with van der Waals surface area (Å²) in [6.07, 6.45) is 18.0. The number of hydrogen-bond donors (Lipinski definition) is 0. The molecule has 1 heterocycles. The van der Waals surface area contributed by atoms with E-state index >= 15 is 0 Å². The standard InChI is InChI=1S/C14H18.2C11H16.C9H15N.2C8H16.2C6H14.4C2H6/c1-14(2,3)10-12-9-8-11-6-4-5-7-13(11)12;2*1-11(2,3)9-10-7-5-4-6-8-10;1-9(2,3)6-8-4-5-10-7-8;2*1-7(2)6-8(3,4)5;2*1-5-6(2,3)4;4*1-2/h4-7,9H,8,10H2,1-3H3;2*4-8H,9H2,1-3H3;5,7H,4,6H2,1-3H3;2*1,6H2,2-5H3;2*5H2,1-4H3;4*1-2H3. The highest BCUT2D eigenvalue weighted by atomic mass is 14.7. The third-order valence-corrected chi connectivity index (χ3v) is 11.1. The second-order valence-corrected chi connectivity index (χ2v) is 31.1. The van der Waals surface area contributed by atoms with E-state index in [1.807, 2.05) is 67.8 Å². The predicted octanol–water partition coefficient (Wildman–Crippen LogP) is 28.4. The van der Waals surface area contributed by atoms with Crippen LogP contribution >= 0.6 is 0 Å². The summed E-state index contributed by atoms with van der Waals surface area (Å²) in [5.41, 5.74) is 14.9. The van der Waals surface area contributed by atoms with Crippen LogP contribution in [0, 0.1) is 43.3 Å². The van der Waals surface area contributed by atoms with Crippen molar-refractivity contribution < 1.29 is 0 Å². The minimum Gasteiger partial charge on any atom is -0.269 e. The summed E-state index contributed by atoms with van der Waals surface area (Å²) in [6, 6.07) is 30.0. The van der Waals surface area contributed by atoms with Gasteiger partial charge in [0.15, 0.2) is 0 Å².